The second kappa shape index (κ2) is 9.95. The summed E-state index contributed by atoms with van der Waals surface area (Å²) in [6.45, 7) is 4.97. The first-order valence-electron chi connectivity index (χ1n) is 5.78. The molecule has 1 unspecified atom stereocenters. The highest BCUT2D eigenvalue weighted by Gasteiger charge is 2.17. The number of nitrogens with two attached hydrogens (primary N) is 1. The monoisotopic (exact) mass is 285 g/mol. The molecule has 4 nitrogen and oxygen atoms in total. The van der Waals surface area contributed by atoms with Crippen LogP contribution < -0.4 is 11.1 Å². The lowest BCUT2D eigenvalue weighted by Crippen LogP contribution is -2.38. The Labute approximate surface area is 117 Å². The largest absolute Gasteiger partial charge is 0.356 e. The SMILES string of the molecule is CC(N)CC(=O)NCC1CCN(C)CC1.Cl.Cl. The van der Waals surface area contributed by atoms with Crippen molar-refractivity contribution in [1.29, 1.82) is 0 Å². The van der Waals surface area contributed by atoms with Gasteiger partial charge in [0.05, 0.1) is 0 Å². The van der Waals surface area contributed by atoms with Crippen LogP contribution in [0.15, 0.2) is 0 Å². The summed E-state index contributed by atoms with van der Waals surface area (Å²) in [5.74, 6) is 0.738. The Morgan fingerprint density at radius 2 is 1.94 bits per heavy atom. The van der Waals surface area contributed by atoms with E-state index in [9.17, 15) is 4.79 Å². The molecule has 0 aromatic rings. The van der Waals surface area contributed by atoms with Gasteiger partial charge in [-0.15, -0.1) is 24.8 Å². The van der Waals surface area contributed by atoms with E-state index in [4.69, 9.17) is 5.73 Å². The summed E-state index contributed by atoms with van der Waals surface area (Å²) in [5, 5.41) is 2.96. The van der Waals surface area contributed by atoms with Gasteiger partial charge >= 0.3 is 0 Å². The van der Waals surface area contributed by atoms with Gasteiger partial charge in [-0.1, -0.05) is 0 Å². The van der Waals surface area contributed by atoms with Crippen LogP contribution in [0.2, 0.25) is 0 Å². The van der Waals surface area contributed by atoms with Crippen LogP contribution in [-0.2, 0) is 4.79 Å². The van der Waals surface area contributed by atoms with E-state index in [1.165, 1.54) is 12.8 Å². The van der Waals surface area contributed by atoms with Crippen LogP contribution >= 0.6 is 24.8 Å². The fourth-order valence-corrected chi connectivity index (χ4v) is 1.89. The maximum absolute atomic E-state index is 11.4. The Hall–Kier alpha value is -0.0300. The minimum atomic E-state index is -0.0394. The number of piperidine rings is 1. The van der Waals surface area contributed by atoms with Gasteiger partial charge in [-0.25, -0.2) is 0 Å². The molecule has 6 heteroatoms. The van der Waals surface area contributed by atoms with E-state index in [-0.39, 0.29) is 36.8 Å². The standard InChI is InChI=1S/C11H23N3O.2ClH/c1-9(12)7-11(15)13-8-10-3-5-14(2)6-4-10;;/h9-10H,3-8,12H2,1-2H3,(H,13,15);2*1H. The first-order valence-corrected chi connectivity index (χ1v) is 5.78. The van der Waals surface area contributed by atoms with Crippen LogP contribution in [0.25, 0.3) is 0 Å². The molecule has 1 rings (SSSR count). The molecule has 1 heterocycles. The molecule has 0 aromatic carbocycles. The van der Waals surface area contributed by atoms with Crippen LogP contribution in [-0.4, -0.2) is 43.5 Å². The van der Waals surface area contributed by atoms with E-state index in [1.807, 2.05) is 6.92 Å². The van der Waals surface area contributed by atoms with E-state index < -0.39 is 0 Å². The summed E-state index contributed by atoms with van der Waals surface area (Å²) in [6.07, 6.45) is 2.82. The predicted octanol–water partition coefficient (Wildman–Crippen LogP) is 1.03. The second-order valence-corrected chi connectivity index (χ2v) is 4.73. The number of nitrogens with zero attached hydrogens (tertiary/aromatic N) is 1. The van der Waals surface area contributed by atoms with E-state index in [0.717, 1.165) is 19.6 Å². The van der Waals surface area contributed by atoms with Crippen LogP contribution in [0.1, 0.15) is 26.2 Å². The number of hydrogen-bond acceptors (Lipinski definition) is 3. The highest BCUT2D eigenvalue weighted by atomic mass is 35.5. The summed E-state index contributed by atoms with van der Waals surface area (Å²) >= 11 is 0. The summed E-state index contributed by atoms with van der Waals surface area (Å²) in [4.78, 5) is 13.7. The van der Waals surface area contributed by atoms with Gasteiger partial charge in [-0.05, 0) is 45.8 Å². The van der Waals surface area contributed by atoms with Crippen molar-refractivity contribution < 1.29 is 4.79 Å². The van der Waals surface area contributed by atoms with Gasteiger partial charge in [-0.2, -0.15) is 0 Å². The van der Waals surface area contributed by atoms with Crippen molar-refractivity contribution in [3.05, 3.63) is 0 Å². The van der Waals surface area contributed by atoms with Crippen LogP contribution in [0.4, 0.5) is 0 Å². The number of likely N-dealkylation sites (tertiary alicyclic amines) is 1. The molecule has 1 aliphatic rings. The van der Waals surface area contributed by atoms with Gasteiger partial charge in [0.15, 0.2) is 0 Å². The van der Waals surface area contributed by atoms with E-state index in [1.54, 1.807) is 0 Å². The third kappa shape index (κ3) is 8.66. The zero-order chi connectivity index (χ0) is 11.3. The lowest BCUT2D eigenvalue weighted by Gasteiger charge is -2.29. The maximum atomic E-state index is 11.4. The molecule has 1 aliphatic heterocycles. The highest BCUT2D eigenvalue weighted by Crippen LogP contribution is 2.14. The van der Waals surface area contributed by atoms with Gasteiger partial charge in [-0.3, -0.25) is 4.79 Å². The summed E-state index contributed by atoms with van der Waals surface area (Å²) < 4.78 is 0. The number of carbonyl (C=O) groups excluding carboxylic acids is 1. The molecule has 1 atom stereocenters. The normalized spacial score (nSPS) is 18.8. The molecule has 0 aliphatic carbocycles. The molecule has 0 bridgehead atoms. The van der Waals surface area contributed by atoms with Crippen molar-refractivity contribution in [2.75, 3.05) is 26.7 Å². The van der Waals surface area contributed by atoms with Crippen molar-refractivity contribution >= 4 is 30.7 Å². The first-order chi connectivity index (χ1) is 7.08. The molecule has 0 radical (unpaired) electrons. The molecule has 3 N–H and O–H groups in total. The molecule has 104 valence electrons. The molecule has 1 fully saturated rings. The minimum absolute atomic E-state index is 0. The number of amides is 1. The number of nitrogens with one attached hydrogen (secondary N) is 1. The Balaban J connectivity index is 0. The predicted molar refractivity (Wildman–Crippen MR) is 76.0 cm³/mol. The fourth-order valence-electron chi connectivity index (χ4n) is 1.89. The highest BCUT2D eigenvalue weighted by molar-refractivity contribution is 5.85. The Kier molecular flexibility index (Phi) is 11.3. The van der Waals surface area contributed by atoms with Gasteiger partial charge in [0, 0.05) is 19.0 Å². The molecule has 0 saturated carbocycles. The smallest absolute Gasteiger partial charge is 0.221 e. The Bertz CT molecular complexity index is 207. The van der Waals surface area contributed by atoms with Crippen LogP contribution in [0, 0.1) is 5.92 Å². The van der Waals surface area contributed by atoms with Crippen molar-refractivity contribution in [3.63, 3.8) is 0 Å². The molecule has 0 aromatic heterocycles. The zero-order valence-corrected chi connectivity index (χ0v) is 12.3. The number of rotatable bonds is 4. The Morgan fingerprint density at radius 1 is 1.41 bits per heavy atom. The second-order valence-electron chi connectivity index (χ2n) is 4.73. The minimum Gasteiger partial charge on any atom is -0.356 e. The quantitative estimate of drug-likeness (QED) is 0.811. The van der Waals surface area contributed by atoms with Gasteiger partial charge < -0.3 is 16.0 Å². The first kappa shape index (κ1) is 19.3. The fraction of sp³-hybridized carbons (Fsp3) is 0.909. The summed E-state index contributed by atoms with van der Waals surface area (Å²) in [6, 6.07) is -0.0394. The lowest BCUT2D eigenvalue weighted by atomic mass is 9.97. The average Bonchev–Trinajstić information content (AvgIpc) is 2.16. The van der Waals surface area contributed by atoms with E-state index in [2.05, 4.69) is 17.3 Å². The van der Waals surface area contributed by atoms with Crippen molar-refractivity contribution in [2.45, 2.75) is 32.2 Å². The van der Waals surface area contributed by atoms with Gasteiger partial charge in [0.1, 0.15) is 0 Å². The number of halogens is 2. The third-order valence-electron chi connectivity index (χ3n) is 2.93. The van der Waals surface area contributed by atoms with Gasteiger partial charge in [0.25, 0.3) is 0 Å². The molecular formula is C11H25Cl2N3O. The Morgan fingerprint density at radius 3 is 2.41 bits per heavy atom. The maximum Gasteiger partial charge on any atom is 0.221 e. The molecular weight excluding hydrogens is 261 g/mol. The zero-order valence-electron chi connectivity index (χ0n) is 10.6. The summed E-state index contributed by atoms with van der Waals surface area (Å²) in [5.41, 5.74) is 5.55. The van der Waals surface area contributed by atoms with Gasteiger partial charge in [0.2, 0.25) is 5.91 Å². The van der Waals surface area contributed by atoms with Crippen molar-refractivity contribution in [1.82, 2.24) is 10.2 Å². The molecule has 17 heavy (non-hydrogen) atoms. The average molecular weight is 286 g/mol. The van der Waals surface area contributed by atoms with E-state index in [0.29, 0.717) is 12.3 Å². The number of carbonyl (C=O) groups is 1. The van der Waals surface area contributed by atoms with Crippen molar-refractivity contribution in [3.8, 4) is 0 Å². The summed E-state index contributed by atoms with van der Waals surface area (Å²) in [7, 11) is 2.14. The molecule has 1 amide bonds. The van der Waals surface area contributed by atoms with E-state index >= 15 is 0 Å². The van der Waals surface area contributed by atoms with Crippen LogP contribution in [0.3, 0.4) is 0 Å². The lowest BCUT2D eigenvalue weighted by molar-refractivity contribution is -0.121. The third-order valence-corrected chi connectivity index (χ3v) is 2.93. The van der Waals surface area contributed by atoms with Crippen LogP contribution in [0.5, 0.6) is 0 Å². The molecule has 0 spiro atoms. The van der Waals surface area contributed by atoms with Crippen molar-refractivity contribution in [2.24, 2.45) is 11.7 Å². The number of hydrogen-bond donors (Lipinski definition) is 2. The topological polar surface area (TPSA) is 58.4 Å². The molecule has 1 saturated heterocycles.